The van der Waals surface area contributed by atoms with Crippen molar-refractivity contribution in [1.29, 1.82) is 0 Å². The molecule has 1 aromatic carbocycles. The van der Waals surface area contributed by atoms with Gasteiger partial charge in [-0.1, -0.05) is 6.07 Å². The number of carbonyl (C=O) groups is 1. The van der Waals surface area contributed by atoms with Gasteiger partial charge in [-0.05, 0) is 18.6 Å². The Hall–Kier alpha value is -2.13. The molecule has 2 aromatic rings. The van der Waals surface area contributed by atoms with Gasteiger partial charge in [0.05, 0.1) is 22.3 Å². The van der Waals surface area contributed by atoms with Crippen LogP contribution in [0.3, 0.4) is 0 Å². The van der Waals surface area contributed by atoms with Gasteiger partial charge in [0.2, 0.25) is 10.0 Å². The van der Waals surface area contributed by atoms with Crippen LogP contribution in [-0.4, -0.2) is 34.8 Å². The summed E-state index contributed by atoms with van der Waals surface area (Å²) in [4.78, 5) is 25.3. The molecule has 0 fully saturated rings. The zero-order chi connectivity index (χ0) is 14.9. The van der Waals surface area contributed by atoms with Crippen LogP contribution in [0.1, 0.15) is 16.8 Å². The number of nitrogens with two attached hydrogens (primary N) is 1. The summed E-state index contributed by atoms with van der Waals surface area (Å²) in [5.41, 5.74) is 0.151. The van der Waals surface area contributed by atoms with Gasteiger partial charge >= 0.3 is 11.7 Å². The SMILES string of the molecule is NS(=O)(=O)CCCn1c(=O)[nH]c2c(C(=O)O)cccc21. The average molecular weight is 299 g/mol. The molecule has 108 valence electrons. The zero-order valence-electron chi connectivity index (χ0n) is 10.4. The topological polar surface area (TPSA) is 135 Å². The summed E-state index contributed by atoms with van der Waals surface area (Å²) in [6, 6.07) is 4.50. The molecule has 2 rings (SSSR count). The molecule has 0 saturated heterocycles. The molecule has 8 nitrogen and oxygen atoms in total. The highest BCUT2D eigenvalue weighted by atomic mass is 32.2. The van der Waals surface area contributed by atoms with Gasteiger partial charge in [0.1, 0.15) is 0 Å². The number of nitrogens with one attached hydrogen (secondary N) is 1. The first-order valence-corrected chi connectivity index (χ1v) is 7.46. The lowest BCUT2D eigenvalue weighted by molar-refractivity contribution is 0.0699. The number of hydrogen-bond donors (Lipinski definition) is 3. The number of para-hydroxylation sites is 1. The molecule has 0 bridgehead atoms. The third-order valence-electron chi connectivity index (χ3n) is 2.85. The van der Waals surface area contributed by atoms with Crippen molar-refractivity contribution in [2.24, 2.45) is 5.14 Å². The van der Waals surface area contributed by atoms with Crippen LogP contribution < -0.4 is 10.8 Å². The van der Waals surface area contributed by atoms with Crippen LogP contribution in [0.4, 0.5) is 0 Å². The number of fused-ring (bicyclic) bond motifs is 1. The molecule has 1 heterocycles. The Balaban J connectivity index is 2.40. The predicted molar refractivity (Wildman–Crippen MR) is 72.1 cm³/mol. The summed E-state index contributed by atoms with van der Waals surface area (Å²) < 4.78 is 23.0. The number of rotatable bonds is 5. The Bertz CT molecular complexity index is 818. The molecule has 0 aliphatic carbocycles. The first-order valence-electron chi connectivity index (χ1n) is 5.75. The maximum atomic E-state index is 11.8. The van der Waals surface area contributed by atoms with E-state index in [4.69, 9.17) is 10.2 Å². The van der Waals surface area contributed by atoms with E-state index in [-0.39, 0.29) is 29.8 Å². The van der Waals surface area contributed by atoms with Crippen LogP contribution in [-0.2, 0) is 16.6 Å². The molecule has 0 amide bonds. The van der Waals surface area contributed by atoms with Crippen LogP contribution in [0.2, 0.25) is 0 Å². The van der Waals surface area contributed by atoms with Gasteiger partial charge in [-0.25, -0.2) is 23.1 Å². The molecule has 1 aromatic heterocycles. The third-order valence-corrected chi connectivity index (χ3v) is 3.71. The molecule has 0 aliphatic heterocycles. The van der Waals surface area contributed by atoms with Gasteiger partial charge in [0, 0.05) is 6.54 Å². The van der Waals surface area contributed by atoms with E-state index < -0.39 is 21.7 Å². The second-order valence-corrected chi connectivity index (χ2v) is 6.04. The zero-order valence-corrected chi connectivity index (χ0v) is 11.2. The molecule has 20 heavy (non-hydrogen) atoms. The lowest BCUT2D eigenvalue weighted by Gasteiger charge is -2.03. The third kappa shape index (κ3) is 2.89. The van der Waals surface area contributed by atoms with Crippen molar-refractivity contribution in [3.05, 3.63) is 34.2 Å². The minimum Gasteiger partial charge on any atom is -0.478 e. The Kier molecular flexibility index (Phi) is 3.64. The molecule has 0 radical (unpaired) electrons. The Morgan fingerprint density at radius 2 is 2.10 bits per heavy atom. The number of carboxylic acid groups (broad SMARTS) is 1. The van der Waals surface area contributed by atoms with Crippen molar-refractivity contribution in [3.8, 4) is 0 Å². The molecule has 0 saturated carbocycles. The van der Waals surface area contributed by atoms with Crippen molar-refractivity contribution in [1.82, 2.24) is 9.55 Å². The van der Waals surface area contributed by atoms with E-state index in [2.05, 4.69) is 4.98 Å². The van der Waals surface area contributed by atoms with E-state index in [0.29, 0.717) is 5.52 Å². The smallest absolute Gasteiger partial charge is 0.337 e. The lowest BCUT2D eigenvalue weighted by Crippen LogP contribution is -2.21. The number of H-pyrrole nitrogens is 1. The number of primary sulfonamides is 1. The quantitative estimate of drug-likeness (QED) is 0.697. The molecule has 9 heteroatoms. The number of carboxylic acids is 1. The predicted octanol–water partition coefficient (Wildman–Crippen LogP) is -0.294. The maximum Gasteiger partial charge on any atom is 0.337 e. The Labute approximate surface area is 113 Å². The number of aryl methyl sites for hydroxylation is 1. The molecule has 0 atom stereocenters. The second-order valence-electron chi connectivity index (χ2n) is 4.31. The summed E-state index contributed by atoms with van der Waals surface area (Å²) >= 11 is 0. The highest BCUT2D eigenvalue weighted by Crippen LogP contribution is 2.15. The number of aromatic carboxylic acids is 1. The van der Waals surface area contributed by atoms with Crippen LogP contribution in [0.25, 0.3) is 11.0 Å². The van der Waals surface area contributed by atoms with Crippen LogP contribution >= 0.6 is 0 Å². The van der Waals surface area contributed by atoms with E-state index in [0.717, 1.165) is 0 Å². The summed E-state index contributed by atoms with van der Waals surface area (Å²) in [6.07, 6.45) is 0.170. The number of sulfonamides is 1. The fourth-order valence-electron chi connectivity index (χ4n) is 2.00. The van der Waals surface area contributed by atoms with Gasteiger partial charge in [0.25, 0.3) is 0 Å². The van der Waals surface area contributed by atoms with Crippen molar-refractivity contribution < 1.29 is 18.3 Å². The van der Waals surface area contributed by atoms with Crippen LogP contribution in [0.15, 0.2) is 23.0 Å². The molecule has 0 unspecified atom stereocenters. The van der Waals surface area contributed by atoms with Crippen molar-refractivity contribution >= 4 is 27.0 Å². The molecular formula is C11H13N3O5S. The van der Waals surface area contributed by atoms with Crippen molar-refractivity contribution in [2.45, 2.75) is 13.0 Å². The number of nitrogens with zero attached hydrogens (tertiary/aromatic N) is 1. The standard InChI is InChI=1S/C11H13N3O5S/c12-20(18,19)6-2-5-14-8-4-1-3-7(10(15)16)9(8)13-11(14)17/h1,3-4H,2,5-6H2,(H,13,17)(H,15,16)(H2,12,18,19). The largest absolute Gasteiger partial charge is 0.478 e. The maximum absolute atomic E-state index is 11.8. The highest BCUT2D eigenvalue weighted by Gasteiger charge is 2.14. The highest BCUT2D eigenvalue weighted by molar-refractivity contribution is 7.89. The van der Waals surface area contributed by atoms with Crippen molar-refractivity contribution in [2.75, 3.05) is 5.75 Å². The van der Waals surface area contributed by atoms with Crippen LogP contribution in [0.5, 0.6) is 0 Å². The normalized spacial score (nSPS) is 11.8. The molecular weight excluding hydrogens is 286 g/mol. The van der Waals surface area contributed by atoms with Gasteiger partial charge < -0.3 is 10.1 Å². The van der Waals surface area contributed by atoms with Crippen molar-refractivity contribution in [3.63, 3.8) is 0 Å². The number of hydrogen-bond acceptors (Lipinski definition) is 4. The van der Waals surface area contributed by atoms with E-state index >= 15 is 0 Å². The Morgan fingerprint density at radius 1 is 1.40 bits per heavy atom. The molecule has 4 N–H and O–H groups in total. The summed E-state index contributed by atoms with van der Waals surface area (Å²) in [5, 5.41) is 13.9. The fraction of sp³-hybridized carbons (Fsp3) is 0.273. The summed E-state index contributed by atoms with van der Waals surface area (Å²) in [5.74, 6) is -1.39. The number of benzene rings is 1. The van der Waals surface area contributed by atoms with Gasteiger partial charge in [0.15, 0.2) is 0 Å². The van der Waals surface area contributed by atoms with Gasteiger partial charge in [-0.15, -0.1) is 0 Å². The first kappa shape index (κ1) is 14.3. The second kappa shape index (κ2) is 5.10. The Morgan fingerprint density at radius 3 is 2.70 bits per heavy atom. The number of imidazole rings is 1. The number of aromatic amines is 1. The fourth-order valence-corrected chi connectivity index (χ4v) is 2.54. The van der Waals surface area contributed by atoms with E-state index in [1.807, 2.05) is 0 Å². The van der Waals surface area contributed by atoms with E-state index in [9.17, 15) is 18.0 Å². The van der Waals surface area contributed by atoms with Crippen LogP contribution in [0, 0.1) is 0 Å². The molecule has 0 aliphatic rings. The minimum atomic E-state index is -3.58. The first-order chi connectivity index (χ1) is 9.29. The summed E-state index contributed by atoms with van der Waals surface area (Å²) in [7, 11) is -3.58. The van der Waals surface area contributed by atoms with Gasteiger partial charge in [-0.3, -0.25) is 4.57 Å². The minimum absolute atomic E-state index is 0.00945. The van der Waals surface area contributed by atoms with E-state index in [1.54, 1.807) is 6.07 Å². The monoisotopic (exact) mass is 299 g/mol. The van der Waals surface area contributed by atoms with Gasteiger partial charge in [-0.2, -0.15) is 0 Å². The average Bonchev–Trinajstić information content (AvgIpc) is 2.64. The number of aromatic nitrogens is 2. The molecule has 0 spiro atoms. The van der Waals surface area contributed by atoms with E-state index in [1.165, 1.54) is 16.7 Å². The summed E-state index contributed by atoms with van der Waals surface area (Å²) in [6.45, 7) is 0.137. The lowest BCUT2D eigenvalue weighted by atomic mass is 10.2.